The fraction of sp³-hybridized carbons (Fsp3) is 0.556. The minimum absolute atomic E-state index is 0.479. The van der Waals surface area contributed by atoms with E-state index < -0.39 is 0 Å². The second kappa shape index (κ2) is 5.82. The molecule has 1 aromatic heterocycles. The van der Waals surface area contributed by atoms with Crippen LogP contribution in [0.1, 0.15) is 5.69 Å². The summed E-state index contributed by atoms with van der Waals surface area (Å²) in [5.74, 6) is 2.49. The number of rotatable bonds is 5. The van der Waals surface area contributed by atoms with Gasteiger partial charge in [-0.2, -0.15) is 11.8 Å². The normalized spacial score (nSPS) is 10.8. The second-order valence-electron chi connectivity index (χ2n) is 3.29. The lowest BCUT2D eigenvalue weighted by atomic mass is 10.5. The Balaban J connectivity index is 2.21. The third-order valence-electron chi connectivity index (χ3n) is 1.66. The summed E-state index contributed by atoms with van der Waals surface area (Å²) in [5.41, 5.74) is 6.42. The molecule has 0 spiro atoms. The van der Waals surface area contributed by atoms with Crippen molar-refractivity contribution in [1.82, 2.24) is 14.9 Å². The molecule has 78 valence electrons. The van der Waals surface area contributed by atoms with Gasteiger partial charge < -0.3 is 10.6 Å². The van der Waals surface area contributed by atoms with Gasteiger partial charge in [-0.15, -0.1) is 0 Å². The highest BCUT2D eigenvalue weighted by Gasteiger charge is 1.96. The molecule has 4 nitrogen and oxygen atoms in total. The number of thioether (sulfide) groups is 1. The lowest BCUT2D eigenvalue weighted by molar-refractivity contribution is 0.437. The predicted molar refractivity (Wildman–Crippen MR) is 61.2 cm³/mol. The molecule has 1 rings (SSSR count). The number of hydrogen-bond donors (Lipinski definition) is 1. The van der Waals surface area contributed by atoms with Crippen LogP contribution in [0.15, 0.2) is 12.4 Å². The molecule has 0 unspecified atom stereocenters. The monoisotopic (exact) mass is 212 g/mol. The van der Waals surface area contributed by atoms with E-state index in [0.29, 0.717) is 5.82 Å². The molecular formula is C9H16N4S. The first-order chi connectivity index (χ1) is 6.68. The van der Waals surface area contributed by atoms with Gasteiger partial charge in [-0.05, 0) is 14.1 Å². The SMILES string of the molecule is CN(C)CCSCc1cnc(N)cn1. The Morgan fingerprint density at radius 3 is 2.71 bits per heavy atom. The standard InChI is InChI=1S/C9H16N4S/c1-13(2)3-4-14-7-8-5-12-9(10)6-11-8/h5-6H,3-4,7H2,1-2H3,(H2,10,12). The summed E-state index contributed by atoms with van der Waals surface area (Å²) in [5, 5.41) is 0. The Morgan fingerprint density at radius 2 is 2.14 bits per heavy atom. The smallest absolute Gasteiger partial charge is 0.141 e. The highest BCUT2D eigenvalue weighted by atomic mass is 32.2. The van der Waals surface area contributed by atoms with E-state index in [1.54, 1.807) is 12.4 Å². The molecule has 0 radical (unpaired) electrons. The van der Waals surface area contributed by atoms with Crippen LogP contribution in [-0.2, 0) is 5.75 Å². The average Bonchev–Trinajstić information content (AvgIpc) is 2.15. The van der Waals surface area contributed by atoms with Crippen molar-refractivity contribution in [3.05, 3.63) is 18.1 Å². The summed E-state index contributed by atoms with van der Waals surface area (Å²) >= 11 is 1.86. The number of nitrogens with two attached hydrogens (primary N) is 1. The highest BCUT2D eigenvalue weighted by molar-refractivity contribution is 7.98. The zero-order valence-electron chi connectivity index (χ0n) is 8.60. The summed E-state index contributed by atoms with van der Waals surface area (Å²) in [7, 11) is 4.15. The third kappa shape index (κ3) is 4.43. The van der Waals surface area contributed by atoms with Gasteiger partial charge in [-0.3, -0.25) is 4.98 Å². The van der Waals surface area contributed by atoms with Crippen LogP contribution in [0.4, 0.5) is 5.82 Å². The van der Waals surface area contributed by atoms with Gasteiger partial charge in [0.15, 0.2) is 0 Å². The molecule has 14 heavy (non-hydrogen) atoms. The fourth-order valence-electron chi connectivity index (χ4n) is 0.863. The molecule has 0 amide bonds. The van der Waals surface area contributed by atoms with E-state index in [2.05, 4.69) is 29.0 Å². The van der Waals surface area contributed by atoms with Gasteiger partial charge in [0, 0.05) is 18.1 Å². The number of nitrogens with zero attached hydrogens (tertiary/aromatic N) is 3. The molecule has 1 heterocycles. The number of hydrogen-bond acceptors (Lipinski definition) is 5. The Bertz CT molecular complexity index is 260. The minimum atomic E-state index is 0.479. The Morgan fingerprint density at radius 1 is 1.36 bits per heavy atom. The number of anilines is 1. The van der Waals surface area contributed by atoms with Crippen molar-refractivity contribution in [2.75, 3.05) is 32.1 Å². The van der Waals surface area contributed by atoms with Gasteiger partial charge in [0.05, 0.1) is 18.1 Å². The summed E-state index contributed by atoms with van der Waals surface area (Å²) in [4.78, 5) is 10.3. The van der Waals surface area contributed by atoms with Crippen molar-refractivity contribution in [3.63, 3.8) is 0 Å². The first-order valence-corrected chi connectivity index (χ1v) is 5.63. The zero-order valence-corrected chi connectivity index (χ0v) is 9.42. The largest absolute Gasteiger partial charge is 0.382 e. The Hall–Kier alpha value is -0.810. The molecule has 1 aromatic rings. The average molecular weight is 212 g/mol. The molecular weight excluding hydrogens is 196 g/mol. The molecule has 0 saturated carbocycles. The molecule has 0 aliphatic rings. The molecule has 0 saturated heterocycles. The van der Waals surface area contributed by atoms with Gasteiger partial charge in [-0.1, -0.05) is 0 Å². The van der Waals surface area contributed by atoms with Crippen LogP contribution < -0.4 is 5.73 Å². The van der Waals surface area contributed by atoms with Crippen molar-refractivity contribution in [1.29, 1.82) is 0 Å². The first-order valence-electron chi connectivity index (χ1n) is 4.47. The molecule has 0 fully saturated rings. The predicted octanol–water partition coefficient (Wildman–Crippen LogP) is 0.854. The topological polar surface area (TPSA) is 55.0 Å². The molecule has 0 bridgehead atoms. The van der Waals surface area contributed by atoms with E-state index in [-0.39, 0.29) is 0 Å². The Labute approximate surface area is 88.9 Å². The first kappa shape index (κ1) is 11.3. The van der Waals surface area contributed by atoms with Gasteiger partial charge in [-0.25, -0.2) is 4.98 Å². The van der Waals surface area contributed by atoms with E-state index >= 15 is 0 Å². The van der Waals surface area contributed by atoms with Gasteiger partial charge in [0.1, 0.15) is 5.82 Å². The van der Waals surface area contributed by atoms with Crippen molar-refractivity contribution in [2.45, 2.75) is 5.75 Å². The lowest BCUT2D eigenvalue weighted by Crippen LogP contribution is -2.14. The highest BCUT2D eigenvalue weighted by Crippen LogP contribution is 2.09. The van der Waals surface area contributed by atoms with Crippen LogP contribution in [0.2, 0.25) is 0 Å². The van der Waals surface area contributed by atoms with Crippen LogP contribution in [-0.4, -0.2) is 41.3 Å². The quantitative estimate of drug-likeness (QED) is 0.733. The minimum Gasteiger partial charge on any atom is -0.382 e. The molecule has 5 heteroatoms. The van der Waals surface area contributed by atoms with Crippen LogP contribution in [0.25, 0.3) is 0 Å². The van der Waals surface area contributed by atoms with Crippen molar-refractivity contribution in [3.8, 4) is 0 Å². The van der Waals surface area contributed by atoms with Crippen LogP contribution in [0.3, 0.4) is 0 Å². The maximum Gasteiger partial charge on any atom is 0.141 e. The van der Waals surface area contributed by atoms with Crippen LogP contribution in [0, 0.1) is 0 Å². The molecule has 0 aliphatic carbocycles. The summed E-state index contributed by atoms with van der Waals surface area (Å²) in [6, 6.07) is 0. The van der Waals surface area contributed by atoms with E-state index in [1.807, 2.05) is 11.8 Å². The summed E-state index contributed by atoms with van der Waals surface area (Å²) < 4.78 is 0. The second-order valence-corrected chi connectivity index (χ2v) is 4.39. The maximum absolute atomic E-state index is 5.43. The molecule has 0 aromatic carbocycles. The lowest BCUT2D eigenvalue weighted by Gasteiger charge is -2.08. The van der Waals surface area contributed by atoms with Crippen molar-refractivity contribution >= 4 is 17.6 Å². The van der Waals surface area contributed by atoms with E-state index in [1.165, 1.54) is 0 Å². The van der Waals surface area contributed by atoms with E-state index in [9.17, 15) is 0 Å². The van der Waals surface area contributed by atoms with E-state index in [0.717, 1.165) is 23.7 Å². The number of aromatic nitrogens is 2. The molecule has 2 N–H and O–H groups in total. The van der Waals surface area contributed by atoms with Gasteiger partial charge >= 0.3 is 0 Å². The molecule has 0 atom stereocenters. The van der Waals surface area contributed by atoms with Gasteiger partial charge in [0.2, 0.25) is 0 Å². The van der Waals surface area contributed by atoms with Gasteiger partial charge in [0.25, 0.3) is 0 Å². The zero-order chi connectivity index (χ0) is 10.4. The van der Waals surface area contributed by atoms with Crippen LogP contribution in [0.5, 0.6) is 0 Å². The van der Waals surface area contributed by atoms with Crippen LogP contribution >= 0.6 is 11.8 Å². The summed E-state index contributed by atoms with van der Waals surface area (Å²) in [6.45, 7) is 1.09. The fourth-order valence-corrected chi connectivity index (χ4v) is 1.86. The van der Waals surface area contributed by atoms with Crippen molar-refractivity contribution < 1.29 is 0 Å². The number of nitrogen functional groups attached to an aromatic ring is 1. The molecule has 0 aliphatic heterocycles. The Kier molecular flexibility index (Phi) is 4.69. The van der Waals surface area contributed by atoms with E-state index in [4.69, 9.17) is 5.73 Å². The third-order valence-corrected chi connectivity index (χ3v) is 2.63. The summed E-state index contributed by atoms with van der Waals surface area (Å²) in [6.07, 6.45) is 3.33. The maximum atomic E-state index is 5.43. The van der Waals surface area contributed by atoms with Crippen molar-refractivity contribution in [2.24, 2.45) is 0 Å².